The molecule has 4 aromatic rings. The molecular weight excluding hydrogens is 422 g/mol. The summed E-state index contributed by atoms with van der Waals surface area (Å²) in [6.45, 7) is 5.67. The van der Waals surface area contributed by atoms with Crippen LogP contribution in [-0.2, 0) is 11.2 Å². The van der Waals surface area contributed by atoms with Gasteiger partial charge in [0.1, 0.15) is 5.82 Å². The fourth-order valence-corrected chi connectivity index (χ4v) is 3.79. The van der Waals surface area contributed by atoms with Gasteiger partial charge in [0, 0.05) is 28.0 Å². The van der Waals surface area contributed by atoms with Crippen LogP contribution in [0.3, 0.4) is 0 Å². The average Bonchev–Trinajstić information content (AvgIpc) is 3.28. The summed E-state index contributed by atoms with van der Waals surface area (Å²) in [6, 6.07) is 9.13. The predicted octanol–water partition coefficient (Wildman–Crippen LogP) is 3.79. The Balaban J connectivity index is 1.62. The molecule has 0 saturated carbocycles. The summed E-state index contributed by atoms with van der Waals surface area (Å²) in [6.07, 6.45) is 2.07. The molecule has 0 aliphatic carbocycles. The maximum atomic E-state index is 12.9. The van der Waals surface area contributed by atoms with Gasteiger partial charge in [-0.3, -0.25) is 4.79 Å². The van der Waals surface area contributed by atoms with E-state index in [1.807, 2.05) is 45.2 Å². The van der Waals surface area contributed by atoms with Crippen LogP contribution in [0.2, 0.25) is 5.02 Å². The molecular formula is C20H20ClN7OS. The number of halogens is 1. The Morgan fingerprint density at radius 3 is 2.70 bits per heavy atom. The van der Waals surface area contributed by atoms with Gasteiger partial charge in [-0.15, -0.1) is 5.10 Å². The molecule has 8 nitrogen and oxygen atoms in total. The molecule has 0 spiro atoms. The van der Waals surface area contributed by atoms with Crippen LogP contribution in [0.5, 0.6) is 0 Å². The SMILES string of the molecule is CSc1nc2nc(C)c(CC(=O)Nc3cc(C)nn3-c3cccc(Cl)c3)c(C)n2n1. The number of nitrogens with zero attached hydrogens (tertiary/aromatic N) is 6. The van der Waals surface area contributed by atoms with Crippen molar-refractivity contribution in [3.8, 4) is 5.69 Å². The number of carbonyl (C=O) groups is 1. The maximum Gasteiger partial charge on any atom is 0.253 e. The number of hydrogen-bond acceptors (Lipinski definition) is 6. The third-order valence-corrected chi connectivity index (χ3v) is 5.47. The molecule has 0 aliphatic rings. The van der Waals surface area contributed by atoms with E-state index in [1.165, 1.54) is 11.8 Å². The van der Waals surface area contributed by atoms with Crippen molar-refractivity contribution in [2.24, 2.45) is 0 Å². The molecule has 10 heteroatoms. The first-order valence-corrected chi connectivity index (χ1v) is 10.9. The number of anilines is 1. The zero-order valence-electron chi connectivity index (χ0n) is 17.0. The third-order valence-electron chi connectivity index (χ3n) is 4.70. The van der Waals surface area contributed by atoms with E-state index in [-0.39, 0.29) is 12.3 Å². The molecule has 0 radical (unpaired) electrons. The molecule has 0 unspecified atom stereocenters. The molecule has 3 aromatic heterocycles. The molecule has 0 saturated heterocycles. The van der Waals surface area contributed by atoms with Crippen molar-refractivity contribution in [1.82, 2.24) is 29.4 Å². The molecule has 1 N–H and O–H groups in total. The quantitative estimate of drug-likeness (QED) is 0.474. The highest BCUT2D eigenvalue weighted by Gasteiger charge is 2.17. The number of rotatable bonds is 5. The number of aromatic nitrogens is 6. The summed E-state index contributed by atoms with van der Waals surface area (Å²) in [5.74, 6) is 0.943. The van der Waals surface area contributed by atoms with Crippen molar-refractivity contribution < 1.29 is 4.79 Å². The fraction of sp³-hybridized carbons (Fsp3) is 0.250. The summed E-state index contributed by atoms with van der Waals surface area (Å²) in [5, 5.41) is 13.1. The summed E-state index contributed by atoms with van der Waals surface area (Å²) in [7, 11) is 0. The molecule has 0 fully saturated rings. The largest absolute Gasteiger partial charge is 0.310 e. The van der Waals surface area contributed by atoms with Crippen LogP contribution in [0.1, 0.15) is 22.6 Å². The molecule has 3 heterocycles. The minimum absolute atomic E-state index is 0.162. The van der Waals surface area contributed by atoms with Crippen LogP contribution in [0, 0.1) is 20.8 Å². The van der Waals surface area contributed by atoms with E-state index in [2.05, 4.69) is 25.5 Å². The van der Waals surface area contributed by atoms with E-state index in [1.54, 1.807) is 21.3 Å². The summed E-state index contributed by atoms with van der Waals surface area (Å²) < 4.78 is 3.35. The number of thioether (sulfide) groups is 1. The minimum atomic E-state index is -0.171. The Hall–Kier alpha value is -2.91. The first-order chi connectivity index (χ1) is 14.4. The molecule has 4 rings (SSSR count). The van der Waals surface area contributed by atoms with Crippen LogP contribution in [0.25, 0.3) is 11.5 Å². The summed E-state index contributed by atoms with van der Waals surface area (Å²) >= 11 is 7.56. The van der Waals surface area contributed by atoms with Crippen molar-refractivity contribution >= 4 is 40.9 Å². The van der Waals surface area contributed by atoms with Crippen LogP contribution < -0.4 is 5.32 Å². The van der Waals surface area contributed by atoms with Gasteiger partial charge in [-0.05, 0) is 45.2 Å². The second-order valence-corrected chi connectivity index (χ2v) is 8.07. The smallest absolute Gasteiger partial charge is 0.253 e. The predicted molar refractivity (Wildman–Crippen MR) is 118 cm³/mol. The lowest BCUT2D eigenvalue weighted by Crippen LogP contribution is -2.19. The van der Waals surface area contributed by atoms with Crippen LogP contribution in [0.4, 0.5) is 5.82 Å². The molecule has 1 amide bonds. The van der Waals surface area contributed by atoms with E-state index in [4.69, 9.17) is 11.6 Å². The summed E-state index contributed by atoms with van der Waals surface area (Å²) in [4.78, 5) is 21.8. The van der Waals surface area contributed by atoms with Gasteiger partial charge < -0.3 is 5.32 Å². The average molecular weight is 442 g/mol. The van der Waals surface area contributed by atoms with Gasteiger partial charge in [-0.25, -0.2) is 14.2 Å². The van der Waals surface area contributed by atoms with Crippen molar-refractivity contribution in [2.75, 3.05) is 11.6 Å². The van der Waals surface area contributed by atoms with Crippen LogP contribution in [0.15, 0.2) is 35.5 Å². The van der Waals surface area contributed by atoms with Crippen molar-refractivity contribution in [3.63, 3.8) is 0 Å². The van der Waals surface area contributed by atoms with Crippen LogP contribution in [-0.4, -0.2) is 41.5 Å². The maximum absolute atomic E-state index is 12.9. The van der Waals surface area contributed by atoms with Gasteiger partial charge in [-0.2, -0.15) is 10.1 Å². The molecule has 0 atom stereocenters. The topological polar surface area (TPSA) is 90.0 Å². The summed E-state index contributed by atoms with van der Waals surface area (Å²) in [5.41, 5.74) is 3.99. The molecule has 1 aromatic carbocycles. The number of amides is 1. The molecule has 30 heavy (non-hydrogen) atoms. The Kier molecular flexibility index (Phi) is 5.48. The highest BCUT2D eigenvalue weighted by Crippen LogP contribution is 2.21. The second kappa shape index (κ2) is 8.08. The van der Waals surface area contributed by atoms with E-state index in [0.29, 0.717) is 21.8 Å². The standard InChI is InChI=1S/C20H20ClN7OS/c1-11-8-17(28(25-11)15-7-5-6-14(21)9-15)23-18(29)10-16-12(2)22-19-24-20(30-4)26-27(19)13(16)3/h5-9H,10H2,1-4H3,(H,23,29). The van der Waals surface area contributed by atoms with E-state index >= 15 is 0 Å². The highest BCUT2D eigenvalue weighted by atomic mass is 35.5. The fourth-order valence-electron chi connectivity index (χ4n) is 3.27. The first kappa shape index (κ1) is 20.4. The van der Waals surface area contributed by atoms with Crippen molar-refractivity contribution in [3.05, 3.63) is 58.0 Å². The third kappa shape index (κ3) is 3.90. The zero-order valence-corrected chi connectivity index (χ0v) is 18.5. The number of aryl methyl sites for hydroxylation is 3. The number of hydrogen-bond donors (Lipinski definition) is 1. The zero-order chi connectivity index (χ0) is 21.4. The number of nitrogens with one attached hydrogen (secondary N) is 1. The van der Waals surface area contributed by atoms with E-state index < -0.39 is 0 Å². The highest BCUT2D eigenvalue weighted by molar-refractivity contribution is 7.98. The monoisotopic (exact) mass is 441 g/mol. The minimum Gasteiger partial charge on any atom is -0.310 e. The van der Waals surface area contributed by atoms with Gasteiger partial charge in [0.05, 0.1) is 17.8 Å². The van der Waals surface area contributed by atoms with Gasteiger partial charge in [0.2, 0.25) is 11.1 Å². The van der Waals surface area contributed by atoms with Gasteiger partial charge in [0.15, 0.2) is 0 Å². The number of fused-ring (bicyclic) bond motifs is 1. The lowest BCUT2D eigenvalue weighted by atomic mass is 10.1. The first-order valence-electron chi connectivity index (χ1n) is 9.25. The molecule has 0 bridgehead atoms. The lowest BCUT2D eigenvalue weighted by Gasteiger charge is -2.12. The van der Waals surface area contributed by atoms with E-state index in [0.717, 1.165) is 28.3 Å². The second-order valence-electron chi connectivity index (χ2n) is 6.86. The van der Waals surface area contributed by atoms with Crippen molar-refractivity contribution in [1.29, 1.82) is 0 Å². The van der Waals surface area contributed by atoms with E-state index in [9.17, 15) is 4.79 Å². The normalized spacial score (nSPS) is 11.2. The Morgan fingerprint density at radius 1 is 1.17 bits per heavy atom. The van der Waals surface area contributed by atoms with Gasteiger partial charge in [0.25, 0.3) is 5.78 Å². The number of carbonyl (C=O) groups excluding carboxylic acids is 1. The Labute approximate surface area is 182 Å². The number of benzene rings is 1. The lowest BCUT2D eigenvalue weighted by molar-refractivity contribution is -0.115. The van der Waals surface area contributed by atoms with Crippen molar-refractivity contribution in [2.45, 2.75) is 32.3 Å². The van der Waals surface area contributed by atoms with Crippen LogP contribution >= 0.6 is 23.4 Å². The molecule has 154 valence electrons. The van der Waals surface area contributed by atoms with Gasteiger partial charge >= 0.3 is 0 Å². The Bertz CT molecular complexity index is 1260. The Morgan fingerprint density at radius 2 is 1.97 bits per heavy atom. The molecule has 0 aliphatic heterocycles. The van der Waals surface area contributed by atoms with Gasteiger partial charge in [-0.1, -0.05) is 29.4 Å².